The van der Waals surface area contributed by atoms with E-state index in [0.29, 0.717) is 0 Å². The van der Waals surface area contributed by atoms with E-state index < -0.39 is 27.2 Å². The third-order valence-corrected chi connectivity index (χ3v) is 23.1. The average Bonchev–Trinajstić information content (AvgIpc) is 3.76. The second-order valence-electron chi connectivity index (χ2n) is 8.39. The second-order valence-corrected chi connectivity index (χ2v) is 22.9. The van der Waals surface area contributed by atoms with Crippen LogP contribution in [0.25, 0.3) is 0 Å². The summed E-state index contributed by atoms with van der Waals surface area (Å²) in [6.07, 6.45) is 0. The van der Waals surface area contributed by atoms with Crippen molar-refractivity contribution in [2.75, 3.05) is 26.2 Å². The van der Waals surface area contributed by atoms with Gasteiger partial charge in [0.25, 0.3) is 12.6 Å². The highest BCUT2D eigenvalue weighted by molar-refractivity contribution is 8.16. The zero-order valence-electron chi connectivity index (χ0n) is 18.6. The van der Waals surface area contributed by atoms with E-state index in [1.165, 1.54) is 0 Å². The smallest absolute Gasteiger partial charge is 0.237 e. The summed E-state index contributed by atoms with van der Waals surface area (Å²) >= 11 is 21.0. The van der Waals surface area contributed by atoms with Gasteiger partial charge in [0.15, 0.2) is 0 Å². The van der Waals surface area contributed by atoms with E-state index in [-0.39, 0.29) is 0 Å². The summed E-state index contributed by atoms with van der Waals surface area (Å²) in [5, 5.41) is 3.25. The Kier molecular flexibility index (Phi) is 6.55. The fraction of sp³-hybridized carbons (Fsp3) is 0.182. The van der Waals surface area contributed by atoms with Gasteiger partial charge in [0.05, 0.1) is 7.05 Å². The van der Waals surface area contributed by atoms with Crippen LogP contribution < -0.4 is 15.9 Å². The lowest BCUT2D eigenvalue weighted by atomic mass is 10.4. The molecule has 3 heterocycles. The molecule has 0 spiro atoms. The molecule has 2 fully saturated rings. The quantitative estimate of drug-likeness (QED) is 0.211. The summed E-state index contributed by atoms with van der Waals surface area (Å²) in [5.41, 5.74) is 0. The molecule has 0 saturated carbocycles. The van der Waals surface area contributed by atoms with Crippen LogP contribution in [0, 0.1) is 0 Å². The Hall–Kier alpha value is -0.630. The third kappa shape index (κ3) is 4.72. The molecule has 1 atom stereocenters. The number of nitrogens with zero attached hydrogens (tertiary/aromatic N) is 6. The number of hydrogen-bond acceptors (Lipinski definition) is 6. The molecular weight excluding hydrogens is 579 g/mol. The zero-order valence-corrected chi connectivity index (χ0v) is 24.4. The highest BCUT2D eigenvalue weighted by Gasteiger charge is 2.50. The van der Waals surface area contributed by atoms with Crippen LogP contribution in [0.1, 0.15) is 0 Å². The molecule has 182 valence electrons. The van der Waals surface area contributed by atoms with E-state index in [1.807, 2.05) is 54.6 Å². The lowest BCUT2D eigenvalue weighted by Gasteiger charge is -2.32. The lowest BCUT2D eigenvalue weighted by Crippen LogP contribution is -2.25. The van der Waals surface area contributed by atoms with Crippen LogP contribution >= 0.6 is 60.9 Å². The highest BCUT2D eigenvalue weighted by atomic mass is 35.9. The van der Waals surface area contributed by atoms with Gasteiger partial charge in [-0.25, -0.2) is 13.9 Å². The van der Waals surface area contributed by atoms with Gasteiger partial charge in [-0.1, -0.05) is 91.0 Å². The Morgan fingerprint density at radius 3 is 1.37 bits per heavy atom. The fourth-order valence-electron chi connectivity index (χ4n) is 4.26. The molecule has 13 heteroatoms. The first kappa shape index (κ1) is 24.7. The standard InChI is InChI=1S/C22H23Cl3N6P4/c23-33(24)27-34(25,29-35(28-33,30-16-17-30)31-18-19-31)26-32(20-10-4-1-5-11-20,21-12-6-2-7-13-21)22-14-8-3-9-15-22/h1-15H,16-19H2. The van der Waals surface area contributed by atoms with Gasteiger partial charge in [0.2, 0.25) is 7.51 Å². The van der Waals surface area contributed by atoms with Crippen LogP contribution in [-0.2, 0) is 0 Å². The van der Waals surface area contributed by atoms with Crippen LogP contribution in [0.5, 0.6) is 0 Å². The van der Waals surface area contributed by atoms with Crippen molar-refractivity contribution in [2.45, 2.75) is 0 Å². The van der Waals surface area contributed by atoms with E-state index in [4.69, 9.17) is 51.8 Å². The van der Waals surface area contributed by atoms with E-state index >= 15 is 0 Å². The maximum Gasteiger partial charge on any atom is 0.282 e. The van der Waals surface area contributed by atoms with Crippen molar-refractivity contribution in [3.05, 3.63) is 91.0 Å². The predicted octanol–water partition coefficient (Wildman–Crippen LogP) is 8.36. The van der Waals surface area contributed by atoms with Gasteiger partial charge in [-0.05, 0) is 33.7 Å². The van der Waals surface area contributed by atoms with Crippen molar-refractivity contribution >= 4 is 76.8 Å². The number of rotatable bonds is 6. The summed E-state index contributed by atoms with van der Waals surface area (Å²) in [6.45, 7) is 0.462. The van der Waals surface area contributed by atoms with Crippen molar-refractivity contribution in [1.29, 1.82) is 0 Å². The van der Waals surface area contributed by atoms with Crippen molar-refractivity contribution in [3.63, 3.8) is 0 Å². The largest absolute Gasteiger partial charge is 0.282 e. The minimum atomic E-state index is -3.20. The average molecular weight is 602 g/mol. The normalized spacial score (nSPS) is 25.0. The molecule has 0 bridgehead atoms. The lowest BCUT2D eigenvalue weighted by molar-refractivity contribution is 0.779. The van der Waals surface area contributed by atoms with Crippen LogP contribution in [0.3, 0.4) is 0 Å². The second kappa shape index (κ2) is 9.28. The number of benzene rings is 3. The molecule has 0 N–H and O–H groups in total. The van der Waals surface area contributed by atoms with Crippen LogP contribution in [0.2, 0.25) is 0 Å². The first-order chi connectivity index (χ1) is 16.9. The molecule has 1 unspecified atom stereocenters. The SMILES string of the molecule is ClP1(Cl)=NP(N2CC2)(N2CC2)=NP(Cl)(N=P(c2ccccc2)(c2ccccc2)c2ccccc2)=N1. The summed E-state index contributed by atoms with van der Waals surface area (Å²) in [5.74, 6) is -3.06. The first-order valence-corrected chi connectivity index (χ1v) is 20.6. The van der Waals surface area contributed by atoms with Crippen LogP contribution in [0.15, 0.2) is 109 Å². The maximum atomic E-state index is 7.43. The van der Waals surface area contributed by atoms with Crippen LogP contribution in [0.4, 0.5) is 0 Å². The molecule has 0 radical (unpaired) electrons. The monoisotopic (exact) mass is 600 g/mol. The van der Waals surface area contributed by atoms with Gasteiger partial charge >= 0.3 is 0 Å². The summed E-state index contributed by atoms with van der Waals surface area (Å²) in [4.78, 5) is 0. The molecule has 0 amide bonds. The molecule has 3 aromatic carbocycles. The fourth-order valence-corrected chi connectivity index (χ4v) is 25.3. The van der Waals surface area contributed by atoms with Crippen molar-refractivity contribution in [2.24, 2.45) is 18.1 Å². The van der Waals surface area contributed by atoms with Crippen LogP contribution in [-0.4, -0.2) is 35.5 Å². The summed E-state index contributed by atoms with van der Waals surface area (Å²) < 4.78 is 24.9. The van der Waals surface area contributed by atoms with Crippen molar-refractivity contribution in [1.82, 2.24) is 9.34 Å². The first-order valence-electron chi connectivity index (χ1n) is 11.2. The molecule has 3 aliphatic heterocycles. The van der Waals surface area contributed by atoms with E-state index in [9.17, 15) is 0 Å². The number of halogens is 3. The van der Waals surface area contributed by atoms with Gasteiger partial charge in [-0.15, -0.1) is 0 Å². The van der Waals surface area contributed by atoms with Gasteiger partial charge in [0, 0.05) is 42.1 Å². The molecule has 3 aliphatic rings. The zero-order chi connectivity index (χ0) is 24.2. The molecular formula is C22H23Cl3N6P4. The van der Waals surface area contributed by atoms with E-state index in [1.54, 1.807) is 0 Å². The summed E-state index contributed by atoms with van der Waals surface area (Å²) in [6, 6.07) is 31.0. The van der Waals surface area contributed by atoms with E-state index in [2.05, 4.69) is 45.7 Å². The summed E-state index contributed by atoms with van der Waals surface area (Å²) in [7, 11) is -5.09. The van der Waals surface area contributed by atoms with Gasteiger partial charge in [0.1, 0.15) is 0 Å². The molecule has 0 aromatic heterocycles. The molecule has 0 aliphatic carbocycles. The molecule has 2 saturated heterocycles. The van der Waals surface area contributed by atoms with Gasteiger partial charge in [-0.3, -0.25) is 0 Å². The van der Waals surface area contributed by atoms with Gasteiger partial charge < -0.3 is 0 Å². The molecule has 35 heavy (non-hydrogen) atoms. The third-order valence-electron chi connectivity index (χ3n) is 5.93. The Morgan fingerprint density at radius 1 is 0.600 bits per heavy atom. The Morgan fingerprint density at radius 2 is 1.00 bits per heavy atom. The predicted molar refractivity (Wildman–Crippen MR) is 156 cm³/mol. The highest BCUT2D eigenvalue weighted by Crippen LogP contribution is 2.88. The van der Waals surface area contributed by atoms with Crippen molar-refractivity contribution < 1.29 is 0 Å². The van der Waals surface area contributed by atoms with E-state index in [0.717, 1.165) is 42.1 Å². The Labute approximate surface area is 220 Å². The minimum Gasteiger partial charge on any atom is -0.237 e. The molecule has 6 rings (SSSR count). The number of hydrogen-bond donors (Lipinski definition) is 0. The topological polar surface area (TPSA) is 55.5 Å². The van der Waals surface area contributed by atoms with Gasteiger partial charge in [-0.2, -0.15) is 13.5 Å². The molecule has 3 aromatic rings. The molecule has 6 nitrogen and oxygen atoms in total. The minimum absolute atomic E-state index is 0.915. The Balaban J connectivity index is 1.74. The Bertz CT molecular complexity index is 1360. The maximum absolute atomic E-state index is 7.43. The van der Waals surface area contributed by atoms with Crippen molar-refractivity contribution in [3.8, 4) is 0 Å².